The zero-order valence-electron chi connectivity index (χ0n) is 5.56. The Hall–Kier alpha value is -0.473. The Bertz CT molecular complexity index is 363. The molecule has 62 valence electrons. The van der Waals surface area contributed by atoms with Gasteiger partial charge in [0.05, 0.1) is 5.69 Å². The van der Waals surface area contributed by atoms with E-state index in [-0.39, 0.29) is 29.4 Å². The number of anilines is 1. The van der Waals surface area contributed by atoms with Crippen molar-refractivity contribution in [3.05, 3.63) is 24.3 Å². The summed E-state index contributed by atoms with van der Waals surface area (Å²) in [6.07, 6.45) is 0. The van der Waals surface area contributed by atoms with Crippen LogP contribution < -0.4 is 5.73 Å². The number of nitrogens with two attached hydrogens (primary N) is 1. The summed E-state index contributed by atoms with van der Waals surface area (Å²) in [5, 5.41) is 0. The maximum absolute atomic E-state index is 10.5. The second kappa shape index (κ2) is 3.96. The molecule has 0 atom stereocenters. The summed E-state index contributed by atoms with van der Waals surface area (Å²) in [7, 11) is -4.16. The molecule has 0 aliphatic carbocycles. The zero-order chi connectivity index (χ0) is 8.48. The van der Waals surface area contributed by atoms with Crippen molar-refractivity contribution in [2.75, 3.05) is 5.73 Å². The van der Waals surface area contributed by atoms with Crippen LogP contribution in [0.4, 0.5) is 5.69 Å². The van der Waals surface area contributed by atoms with Crippen molar-refractivity contribution in [2.24, 2.45) is 0 Å². The Balaban J connectivity index is 0.00000121. The number of benzene rings is 1. The van der Waals surface area contributed by atoms with E-state index in [9.17, 15) is 8.42 Å². The molecule has 1 aromatic carbocycles. The van der Waals surface area contributed by atoms with Gasteiger partial charge in [-0.05, 0) is 12.1 Å². The summed E-state index contributed by atoms with van der Waals surface area (Å²) in [4.78, 5) is -0.250. The molecule has 12 heavy (non-hydrogen) atoms. The van der Waals surface area contributed by atoms with Crippen LogP contribution in [-0.4, -0.2) is 31.8 Å². The molecule has 0 amide bonds. The van der Waals surface area contributed by atoms with E-state index in [1.807, 2.05) is 0 Å². The Morgan fingerprint density at radius 2 is 1.75 bits per heavy atom. The summed E-state index contributed by atoms with van der Waals surface area (Å²) in [6, 6.07) is 5.72. The van der Waals surface area contributed by atoms with Crippen molar-refractivity contribution in [2.45, 2.75) is 4.90 Å². The van der Waals surface area contributed by atoms with Crippen LogP contribution in [0.3, 0.4) is 0 Å². The average molecular weight is 181 g/mol. The third-order valence-corrected chi connectivity index (χ3v) is 2.12. The fourth-order valence-electron chi connectivity index (χ4n) is 0.715. The summed E-state index contributed by atoms with van der Waals surface area (Å²) < 4.78 is 29.6. The number of hydrogen-bond donors (Lipinski definition) is 2. The quantitative estimate of drug-likeness (QED) is 0.359. The predicted octanol–water partition coefficient (Wildman–Crippen LogP) is -0.133. The van der Waals surface area contributed by atoms with Crippen molar-refractivity contribution in [1.82, 2.24) is 0 Å². The molecule has 0 fully saturated rings. The van der Waals surface area contributed by atoms with Gasteiger partial charge in [-0.2, -0.15) is 8.42 Å². The summed E-state index contributed by atoms with van der Waals surface area (Å²) in [5.41, 5.74) is 5.32. The van der Waals surface area contributed by atoms with Gasteiger partial charge < -0.3 is 5.73 Å². The Labute approximate surface area is 82.7 Å². The predicted molar refractivity (Wildman–Crippen MR) is 47.8 cm³/mol. The Kier molecular flexibility index (Phi) is 3.81. The van der Waals surface area contributed by atoms with Crippen molar-refractivity contribution >= 4 is 34.7 Å². The van der Waals surface area contributed by atoms with E-state index in [2.05, 4.69) is 0 Å². The molecular weight excluding hydrogens is 173 g/mol. The molecule has 0 aliphatic rings. The minimum atomic E-state index is -4.16. The van der Waals surface area contributed by atoms with Crippen molar-refractivity contribution in [1.29, 1.82) is 0 Å². The van der Waals surface area contributed by atoms with Gasteiger partial charge in [-0.1, -0.05) is 12.1 Å². The molecule has 6 heteroatoms. The van der Waals surface area contributed by atoms with Crippen molar-refractivity contribution in [3.63, 3.8) is 0 Å². The van der Waals surface area contributed by atoms with E-state index in [0.29, 0.717) is 0 Å². The molecule has 0 unspecified atom stereocenters. The molecule has 0 aromatic heterocycles. The van der Waals surface area contributed by atoms with Crippen LogP contribution >= 0.6 is 0 Å². The van der Waals surface area contributed by atoms with Crippen LogP contribution in [0.15, 0.2) is 29.2 Å². The summed E-state index contributed by atoms with van der Waals surface area (Å²) in [6.45, 7) is 0. The SMILES string of the molecule is Nc1ccccc1S(=O)(=O)O.[LiH]. The molecule has 0 radical (unpaired) electrons. The molecule has 3 N–H and O–H groups in total. The van der Waals surface area contributed by atoms with Gasteiger partial charge in [-0.15, -0.1) is 0 Å². The molecule has 0 saturated heterocycles. The second-order valence-electron chi connectivity index (χ2n) is 2.01. The van der Waals surface area contributed by atoms with Crippen LogP contribution in [0, 0.1) is 0 Å². The van der Waals surface area contributed by atoms with Gasteiger partial charge in [0.1, 0.15) is 4.90 Å². The van der Waals surface area contributed by atoms with Crippen LogP contribution in [0.1, 0.15) is 0 Å². The maximum atomic E-state index is 10.5. The van der Waals surface area contributed by atoms with Crippen LogP contribution in [0.25, 0.3) is 0 Å². The molecule has 0 aliphatic heterocycles. The van der Waals surface area contributed by atoms with Crippen LogP contribution in [0.2, 0.25) is 0 Å². The Morgan fingerprint density at radius 3 is 2.08 bits per heavy atom. The fourth-order valence-corrected chi connectivity index (χ4v) is 1.33. The number of nitrogen functional groups attached to an aromatic ring is 1. The standard InChI is InChI=1S/C6H7NO3S.Li.H/c7-5-3-1-2-4-6(5)11(8,9)10;;/h1-4H,7H2,(H,8,9,10);;. The van der Waals surface area contributed by atoms with Crippen LogP contribution in [0.5, 0.6) is 0 Å². The van der Waals surface area contributed by atoms with E-state index in [1.165, 1.54) is 18.2 Å². The van der Waals surface area contributed by atoms with Crippen molar-refractivity contribution < 1.29 is 13.0 Å². The summed E-state index contributed by atoms with van der Waals surface area (Å²) >= 11 is 0. The third kappa shape index (κ3) is 2.54. The van der Waals surface area contributed by atoms with Gasteiger partial charge in [-0.3, -0.25) is 4.55 Å². The number of rotatable bonds is 1. The van der Waals surface area contributed by atoms with E-state index >= 15 is 0 Å². The summed E-state index contributed by atoms with van der Waals surface area (Å²) in [5.74, 6) is 0. The molecule has 0 bridgehead atoms. The van der Waals surface area contributed by atoms with Gasteiger partial charge in [-0.25, -0.2) is 0 Å². The fraction of sp³-hybridized carbons (Fsp3) is 0. The average Bonchev–Trinajstić information content (AvgIpc) is 1.86. The topological polar surface area (TPSA) is 80.4 Å². The van der Waals surface area contributed by atoms with E-state index in [0.717, 1.165) is 0 Å². The molecule has 0 heterocycles. The number of hydrogen-bond acceptors (Lipinski definition) is 3. The molecule has 0 spiro atoms. The Morgan fingerprint density at radius 1 is 1.25 bits per heavy atom. The monoisotopic (exact) mass is 181 g/mol. The van der Waals surface area contributed by atoms with E-state index in [4.69, 9.17) is 10.3 Å². The second-order valence-corrected chi connectivity index (χ2v) is 3.40. The van der Waals surface area contributed by atoms with E-state index in [1.54, 1.807) is 6.07 Å². The third-order valence-electron chi connectivity index (χ3n) is 1.20. The molecule has 1 rings (SSSR count). The molecular formula is C6H8LiNO3S. The first-order chi connectivity index (χ1) is 5.02. The first-order valence-corrected chi connectivity index (χ1v) is 4.28. The van der Waals surface area contributed by atoms with Gasteiger partial charge in [0.15, 0.2) is 0 Å². The van der Waals surface area contributed by atoms with Gasteiger partial charge >= 0.3 is 18.9 Å². The molecule has 4 nitrogen and oxygen atoms in total. The van der Waals surface area contributed by atoms with Gasteiger partial charge in [0.25, 0.3) is 10.1 Å². The van der Waals surface area contributed by atoms with Gasteiger partial charge in [0, 0.05) is 0 Å². The zero-order valence-corrected chi connectivity index (χ0v) is 6.38. The minimum absolute atomic E-state index is 0. The number of para-hydroxylation sites is 1. The molecule has 1 aromatic rings. The molecule has 0 saturated carbocycles. The van der Waals surface area contributed by atoms with E-state index < -0.39 is 10.1 Å². The van der Waals surface area contributed by atoms with Crippen LogP contribution in [-0.2, 0) is 10.1 Å². The first-order valence-electron chi connectivity index (χ1n) is 2.84. The first kappa shape index (κ1) is 11.5. The van der Waals surface area contributed by atoms with Gasteiger partial charge in [0.2, 0.25) is 0 Å². The van der Waals surface area contributed by atoms with Crippen molar-refractivity contribution in [3.8, 4) is 0 Å². The normalized spacial score (nSPS) is 10.4.